The standard InChI is InChI=1S/C16H16N2O3/c1-20-13-9-11(8-12(17)10-13)16(19)18-6-7-21-15-5-3-2-4-14(15)18/h2-5,8-10H,6-7,17H2,1H3. The smallest absolute Gasteiger partial charge is 0.258 e. The van der Waals surface area contributed by atoms with E-state index in [9.17, 15) is 4.79 Å². The number of carbonyl (C=O) groups excluding carboxylic acids is 1. The number of fused-ring (bicyclic) bond motifs is 1. The highest BCUT2D eigenvalue weighted by Gasteiger charge is 2.24. The minimum absolute atomic E-state index is 0.114. The minimum Gasteiger partial charge on any atom is -0.497 e. The summed E-state index contributed by atoms with van der Waals surface area (Å²) in [6, 6.07) is 12.5. The van der Waals surface area contributed by atoms with E-state index >= 15 is 0 Å². The molecule has 0 unspecified atom stereocenters. The minimum atomic E-state index is -0.114. The SMILES string of the molecule is COc1cc(N)cc(C(=O)N2CCOc3ccccc32)c1. The molecule has 21 heavy (non-hydrogen) atoms. The third-order valence-electron chi connectivity index (χ3n) is 3.39. The third-order valence-corrected chi connectivity index (χ3v) is 3.39. The molecule has 0 saturated heterocycles. The first-order valence-electron chi connectivity index (χ1n) is 6.67. The van der Waals surface area contributed by atoms with Gasteiger partial charge in [0.1, 0.15) is 18.1 Å². The maximum absolute atomic E-state index is 12.7. The van der Waals surface area contributed by atoms with Gasteiger partial charge in [0, 0.05) is 17.3 Å². The number of amides is 1. The topological polar surface area (TPSA) is 64.8 Å². The Morgan fingerprint density at radius 3 is 2.90 bits per heavy atom. The maximum Gasteiger partial charge on any atom is 0.258 e. The highest BCUT2D eigenvalue weighted by molar-refractivity contribution is 6.07. The molecular weight excluding hydrogens is 268 g/mol. The van der Waals surface area contributed by atoms with Crippen molar-refractivity contribution in [2.75, 3.05) is 30.9 Å². The molecule has 5 heteroatoms. The lowest BCUT2D eigenvalue weighted by Crippen LogP contribution is -2.37. The number of nitrogens with two attached hydrogens (primary N) is 1. The van der Waals surface area contributed by atoms with Gasteiger partial charge in [-0.3, -0.25) is 4.79 Å². The number of anilines is 2. The van der Waals surface area contributed by atoms with Gasteiger partial charge in [0.05, 0.1) is 19.3 Å². The molecule has 2 aromatic rings. The zero-order valence-corrected chi connectivity index (χ0v) is 11.7. The fraction of sp³-hybridized carbons (Fsp3) is 0.188. The molecule has 1 heterocycles. The van der Waals surface area contributed by atoms with Gasteiger partial charge < -0.3 is 20.1 Å². The molecule has 0 aromatic heterocycles. The highest BCUT2D eigenvalue weighted by Crippen LogP contribution is 2.32. The van der Waals surface area contributed by atoms with Gasteiger partial charge in [0.2, 0.25) is 0 Å². The van der Waals surface area contributed by atoms with Crippen LogP contribution < -0.4 is 20.1 Å². The summed E-state index contributed by atoms with van der Waals surface area (Å²) in [5, 5.41) is 0. The lowest BCUT2D eigenvalue weighted by Gasteiger charge is -2.29. The van der Waals surface area contributed by atoms with Crippen LogP contribution in [0.4, 0.5) is 11.4 Å². The Morgan fingerprint density at radius 2 is 2.10 bits per heavy atom. The molecule has 0 radical (unpaired) electrons. The monoisotopic (exact) mass is 284 g/mol. The van der Waals surface area contributed by atoms with Crippen molar-refractivity contribution >= 4 is 17.3 Å². The number of hydrogen-bond acceptors (Lipinski definition) is 4. The van der Waals surface area contributed by atoms with Gasteiger partial charge in [-0.2, -0.15) is 0 Å². The van der Waals surface area contributed by atoms with Crippen molar-refractivity contribution in [3.05, 3.63) is 48.0 Å². The predicted octanol–water partition coefficient (Wildman–Crippen LogP) is 2.32. The zero-order valence-electron chi connectivity index (χ0n) is 11.7. The summed E-state index contributed by atoms with van der Waals surface area (Å²) in [6.07, 6.45) is 0. The summed E-state index contributed by atoms with van der Waals surface area (Å²) in [4.78, 5) is 14.4. The van der Waals surface area contributed by atoms with E-state index in [1.54, 1.807) is 30.2 Å². The van der Waals surface area contributed by atoms with E-state index in [0.29, 0.717) is 35.9 Å². The van der Waals surface area contributed by atoms with Gasteiger partial charge in [0.25, 0.3) is 5.91 Å². The number of nitrogens with zero attached hydrogens (tertiary/aromatic N) is 1. The van der Waals surface area contributed by atoms with Crippen molar-refractivity contribution in [3.63, 3.8) is 0 Å². The second-order valence-corrected chi connectivity index (χ2v) is 4.77. The molecule has 0 spiro atoms. The lowest BCUT2D eigenvalue weighted by molar-refractivity contribution is 0.0976. The largest absolute Gasteiger partial charge is 0.497 e. The number of ether oxygens (including phenoxy) is 2. The summed E-state index contributed by atoms with van der Waals surface area (Å²) in [7, 11) is 1.55. The number of methoxy groups -OCH3 is 1. The summed E-state index contributed by atoms with van der Waals surface area (Å²) >= 11 is 0. The van der Waals surface area contributed by atoms with E-state index in [2.05, 4.69) is 0 Å². The first-order chi connectivity index (χ1) is 10.2. The fourth-order valence-electron chi connectivity index (χ4n) is 2.40. The first-order valence-corrected chi connectivity index (χ1v) is 6.67. The third kappa shape index (κ3) is 2.50. The molecule has 5 nitrogen and oxygen atoms in total. The number of para-hydroxylation sites is 2. The normalized spacial score (nSPS) is 13.3. The van der Waals surface area contributed by atoms with Gasteiger partial charge in [-0.15, -0.1) is 0 Å². The molecule has 3 rings (SSSR count). The van der Waals surface area contributed by atoms with Crippen LogP contribution in [-0.2, 0) is 0 Å². The summed E-state index contributed by atoms with van der Waals surface area (Å²) < 4.78 is 10.7. The van der Waals surface area contributed by atoms with Crippen LogP contribution in [0.2, 0.25) is 0 Å². The maximum atomic E-state index is 12.7. The molecule has 0 fully saturated rings. The van der Waals surface area contributed by atoms with E-state index in [1.165, 1.54) is 0 Å². The van der Waals surface area contributed by atoms with Crippen molar-refractivity contribution in [2.45, 2.75) is 0 Å². The lowest BCUT2D eigenvalue weighted by atomic mass is 10.1. The van der Waals surface area contributed by atoms with Crippen molar-refractivity contribution in [1.29, 1.82) is 0 Å². The number of carbonyl (C=O) groups is 1. The molecule has 2 aromatic carbocycles. The van der Waals surface area contributed by atoms with Crippen LogP contribution in [-0.4, -0.2) is 26.2 Å². The Kier molecular flexibility index (Phi) is 3.39. The highest BCUT2D eigenvalue weighted by atomic mass is 16.5. The Balaban J connectivity index is 1.98. The van der Waals surface area contributed by atoms with Crippen molar-refractivity contribution in [3.8, 4) is 11.5 Å². The number of nitrogen functional groups attached to an aromatic ring is 1. The molecule has 2 N–H and O–H groups in total. The van der Waals surface area contributed by atoms with E-state index in [4.69, 9.17) is 15.2 Å². The number of hydrogen-bond donors (Lipinski definition) is 1. The Hall–Kier alpha value is -2.69. The number of benzene rings is 2. The Labute approximate surface area is 122 Å². The van der Waals surface area contributed by atoms with Gasteiger partial charge >= 0.3 is 0 Å². The van der Waals surface area contributed by atoms with Crippen LogP contribution >= 0.6 is 0 Å². The molecule has 0 saturated carbocycles. The molecule has 0 atom stereocenters. The molecule has 0 bridgehead atoms. The Morgan fingerprint density at radius 1 is 1.29 bits per heavy atom. The van der Waals surface area contributed by atoms with Gasteiger partial charge in [-0.05, 0) is 24.3 Å². The molecule has 108 valence electrons. The first kappa shape index (κ1) is 13.3. The molecule has 1 amide bonds. The quantitative estimate of drug-likeness (QED) is 0.860. The predicted molar refractivity (Wildman–Crippen MR) is 81.0 cm³/mol. The van der Waals surface area contributed by atoms with Gasteiger partial charge in [-0.1, -0.05) is 12.1 Å². The van der Waals surface area contributed by atoms with E-state index < -0.39 is 0 Å². The average Bonchev–Trinajstić information content (AvgIpc) is 2.53. The Bertz CT molecular complexity index is 685. The second-order valence-electron chi connectivity index (χ2n) is 4.77. The van der Waals surface area contributed by atoms with E-state index in [-0.39, 0.29) is 5.91 Å². The summed E-state index contributed by atoms with van der Waals surface area (Å²) in [5.74, 6) is 1.17. The average molecular weight is 284 g/mol. The van der Waals surface area contributed by atoms with Crippen LogP contribution in [0.1, 0.15) is 10.4 Å². The van der Waals surface area contributed by atoms with E-state index in [1.807, 2.05) is 24.3 Å². The van der Waals surface area contributed by atoms with Gasteiger partial charge in [-0.25, -0.2) is 0 Å². The zero-order chi connectivity index (χ0) is 14.8. The van der Waals surface area contributed by atoms with Crippen molar-refractivity contribution in [1.82, 2.24) is 0 Å². The molecule has 1 aliphatic heterocycles. The van der Waals surface area contributed by atoms with E-state index in [0.717, 1.165) is 5.69 Å². The van der Waals surface area contributed by atoms with Gasteiger partial charge in [0.15, 0.2) is 0 Å². The molecular formula is C16H16N2O3. The van der Waals surface area contributed by atoms with Crippen LogP contribution in [0.5, 0.6) is 11.5 Å². The van der Waals surface area contributed by atoms with Crippen LogP contribution in [0.15, 0.2) is 42.5 Å². The van der Waals surface area contributed by atoms with Crippen LogP contribution in [0.3, 0.4) is 0 Å². The van der Waals surface area contributed by atoms with Crippen molar-refractivity contribution in [2.24, 2.45) is 0 Å². The van der Waals surface area contributed by atoms with Crippen molar-refractivity contribution < 1.29 is 14.3 Å². The second kappa shape index (κ2) is 5.36. The molecule has 0 aliphatic carbocycles. The fourth-order valence-corrected chi connectivity index (χ4v) is 2.40. The van der Waals surface area contributed by atoms with Crippen LogP contribution in [0, 0.1) is 0 Å². The molecule has 1 aliphatic rings. The van der Waals surface area contributed by atoms with Crippen LogP contribution in [0.25, 0.3) is 0 Å². The summed E-state index contributed by atoms with van der Waals surface area (Å²) in [5.41, 5.74) is 7.60. The number of rotatable bonds is 2. The summed E-state index contributed by atoms with van der Waals surface area (Å²) in [6.45, 7) is 0.981.